The van der Waals surface area contributed by atoms with Gasteiger partial charge in [0.15, 0.2) is 0 Å². The summed E-state index contributed by atoms with van der Waals surface area (Å²) in [4.78, 5) is 12.3. The van der Waals surface area contributed by atoms with Crippen molar-refractivity contribution < 1.29 is 23.7 Å². The Morgan fingerprint density at radius 3 is 1.05 bits per heavy atom. The number of hydrogen-bond donors (Lipinski definition) is 0. The standard InChI is InChI=1S/C33H34O5/c1-3-5-23-35-29-15-7-25(8-16-29)27-11-19-31(20-12-27)37-33(34)38-32-21-13-28(14-22-32)26-9-17-30(18-10-26)36-24-6-4-2/h7-22H,3-6,23-24H2,1-2H3. The van der Waals surface area contributed by atoms with E-state index in [4.69, 9.17) is 18.9 Å². The largest absolute Gasteiger partial charge is 0.519 e. The Bertz CT molecular complexity index is 1160. The third-order valence-electron chi connectivity index (χ3n) is 6.02. The van der Waals surface area contributed by atoms with Gasteiger partial charge in [-0.15, -0.1) is 0 Å². The summed E-state index contributed by atoms with van der Waals surface area (Å²) in [5, 5.41) is 0. The van der Waals surface area contributed by atoms with Crippen molar-refractivity contribution >= 4 is 6.16 Å². The van der Waals surface area contributed by atoms with E-state index >= 15 is 0 Å². The fourth-order valence-electron chi connectivity index (χ4n) is 3.80. The summed E-state index contributed by atoms with van der Waals surface area (Å²) in [6.07, 6.45) is 3.52. The van der Waals surface area contributed by atoms with Crippen LogP contribution in [0.25, 0.3) is 22.3 Å². The first-order valence-corrected chi connectivity index (χ1v) is 13.2. The van der Waals surface area contributed by atoms with Gasteiger partial charge < -0.3 is 18.9 Å². The molecule has 5 nitrogen and oxygen atoms in total. The molecule has 196 valence electrons. The van der Waals surface area contributed by atoms with Gasteiger partial charge in [0.1, 0.15) is 23.0 Å². The van der Waals surface area contributed by atoms with Crippen LogP contribution in [-0.4, -0.2) is 19.4 Å². The van der Waals surface area contributed by atoms with Crippen LogP contribution in [0.2, 0.25) is 0 Å². The van der Waals surface area contributed by atoms with Crippen LogP contribution in [0, 0.1) is 0 Å². The predicted molar refractivity (Wildman–Crippen MR) is 151 cm³/mol. The van der Waals surface area contributed by atoms with Gasteiger partial charge in [-0.25, -0.2) is 4.79 Å². The summed E-state index contributed by atoms with van der Waals surface area (Å²) in [6.45, 7) is 5.74. The first-order valence-electron chi connectivity index (χ1n) is 13.2. The van der Waals surface area contributed by atoms with Crippen LogP contribution < -0.4 is 18.9 Å². The summed E-state index contributed by atoms with van der Waals surface area (Å²) in [5.74, 6) is 2.55. The molecule has 0 radical (unpaired) electrons. The Kier molecular flexibility index (Phi) is 9.80. The molecule has 0 atom stereocenters. The number of hydrogen-bond acceptors (Lipinski definition) is 5. The molecule has 0 heterocycles. The fraction of sp³-hybridized carbons (Fsp3) is 0.242. The minimum atomic E-state index is -0.785. The van der Waals surface area contributed by atoms with Gasteiger partial charge >= 0.3 is 6.16 Å². The molecule has 0 saturated carbocycles. The molecule has 5 heteroatoms. The summed E-state index contributed by atoms with van der Waals surface area (Å²) in [5.41, 5.74) is 4.14. The van der Waals surface area contributed by atoms with Crippen LogP contribution >= 0.6 is 0 Å². The second-order valence-electron chi connectivity index (χ2n) is 8.96. The SMILES string of the molecule is CCCCOc1ccc(-c2ccc(OC(=O)Oc3ccc(-c4ccc(OCCCC)cc4)cc3)cc2)cc1. The molecular weight excluding hydrogens is 476 g/mol. The van der Waals surface area contributed by atoms with Crippen LogP contribution in [0.15, 0.2) is 97.1 Å². The normalized spacial score (nSPS) is 10.6. The highest BCUT2D eigenvalue weighted by molar-refractivity contribution is 5.70. The monoisotopic (exact) mass is 510 g/mol. The molecule has 0 aromatic heterocycles. The second-order valence-corrected chi connectivity index (χ2v) is 8.96. The molecule has 0 saturated heterocycles. The van der Waals surface area contributed by atoms with E-state index in [0.717, 1.165) is 72.6 Å². The molecule has 0 unspecified atom stereocenters. The van der Waals surface area contributed by atoms with Crippen molar-refractivity contribution in [1.82, 2.24) is 0 Å². The third-order valence-corrected chi connectivity index (χ3v) is 6.02. The average Bonchev–Trinajstić information content (AvgIpc) is 2.95. The Hall–Kier alpha value is -4.25. The highest BCUT2D eigenvalue weighted by atomic mass is 16.7. The van der Waals surface area contributed by atoms with Gasteiger partial charge in [0.25, 0.3) is 0 Å². The van der Waals surface area contributed by atoms with Crippen LogP contribution in [0.1, 0.15) is 39.5 Å². The summed E-state index contributed by atoms with van der Waals surface area (Å²) in [7, 11) is 0. The predicted octanol–water partition coefficient (Wildman–Crippen LogP) is 8.96. The molecule has 38 heavy (non-hydrogen) atoms. The van der Waals surface area contributed by atoms with Gasteiger partial charge in [0.05, 0.1) is 13.2 Å². The lowest BCUT2D eigenvalue weighted by molar-refractivity contribution is 0.152. The lowest BCUT2D eigenvalue weighted by Gasteiger charge is -2.09. The Labute approximate surface area is 225 Å². The van der Waals surface area contributed by atoms with Gasteiger partial charge in [-0.3, -0.25) is 0 Å². The molecule has 0 fully saturated rings. The van der Waals surface area contributed by atoms with E-state index in [-0.39, 0.29) is 0 Å². The minimum absolute atomic E-state index is 0.413. The van der Waals surface area contributed by atoms with Gasteiger partial charge in [-0.2, -0.15) is 0 Å². The maximum Gasteiger partial charge on any atom is 0.519 e. The number of carbonyl (C=O) groups excluding carboxylic acids is 1. The smallest absolute Gasteiger partial charge is 0.494 e. The number of carbonyl (C=O) groups is 1. The molecule has 4 aromatic rings. The molecule has 4 aromatic carbocycles. The number of benzene rings is 4. The average molecular weight is 511 g/mol. The van der Waals surface area contributed by atoms with E-state index in [1.807, 2.05) is 72.8 Å². The Morgan fingerprint density at radius 2 is 0.763 bits per heavy atom. The van der Waals surface area contributed by atoms with Gasteiger partial charge in [0, 0.05) is 0 Å². The van der Waals surface area contributed by atoms with Crippen molar-refractivity contribution in [3.63, 3.8) is 0 Å². The van der Waals surface area contributed by atoms with E-state index in [2.05, 4.69) is 13.8 Å². The van der Waals surface area contributed by atoms with Crippen molar-refractivity contribution in [2.75, 3.05) is 13.2 Å². The number of unbranched alkanes of at least 4 members (excludes halogenated alkanes) is 2. The third kappa shape index (κ3) is 7.87. The lowest BCUT2D eigenvalue weighted by atomic mass is 10.1. The Morgan fingerprint density at radius 1 is 0.474 bits per heavy atom. The summed E-state index contributed by atoms with van der Waals surface area (Å²) < 4.78 is 22.2. The highest BCUT2D eigenvalue weighted by Gasteiger charge is 2.09. The summed E-state index contributed by atoms with van der Waals surface area (Å²) in [6, 6.07) is 30.6. The highest BCUT2D eigenvalue weighted by Crippen LogP contribution is 2.27. The zero-order valence-corrected chi connectivity index (χ0v) is 22.0. The van der Waals surface area contributed by atoms with Crippen molar-refractivity contribution in [1.29, 1.82) is 0 Å². The van der Waals surface area contributed by atoms with Gasteiger partial charge in [0.2, 0.25) is 0 Å². The first-order chi connectivity index (χ1) is 18.6. The van der Waals surface area contributed by atoms with Crippen LogP contribution in [0.3, 0.4) is 0 Å². The van der Waals surface area contributed by atoms with Crippen LogP contribution in [0.4, 0.5) is 4.79 Å². The van der Waals surface area contributed by atoms with Gasteiger partial charge in [-0.05, 0) is 83.6 Å². The van der Waals surface area contributed by atoms with Crippen LogP contribution in [-0.2, 0) is 0 Å². The van der Waals surface area contributed by atoms with E-state index < -0.39 is 6.16 Å². The van der Waals surface area contributed by atoms with E-state index in [1.165, 1.54) is 0 Å². The molecule has 0 bridgehead atoms. The number of rotatable bonds is 12. The molecule has 0 spiro atoms. The summed E-state index contributed by atoms with van der Waals surface area (Å²) >= 11 is 0. The first kappa shape index (κ1) is 26.8. The second kappa shape index (κ2) is 13.9. The van der Waals surface area contributed by atoms with Crippen LogP contribution in [0.5, 0.6) is 23.0 Å². The molecular formula is C33H34O5. The molecule has 0 amide bonds. The van der Waals surface area contributed by atoms with Crippen molar-refractivity contribution in [2.24, 2.45) is 0 Å². The Balaban J connectivity index is 1.28. The maximum atomic E-state index is 12.3. The zero-order valence-electron chi connectivity index (χ0n) is 22.0. The minimum Gasteiger partial charge on any atom is -0.494 e. The van der Waals surface area contributed by atoms with Gasteiger partial charge in [-0.1, -0.05) is 75.2 Å². The topological polar surface area (TPSA) is 54.0 Å². The van der Waals surface area contributed by atoms with Crippen molar-refractivity contribution in [3.8, 4) is 45.3 Å². The van der Waals surface area contributed by atoms with E-state index in [1.54, 1.807) is 24.3 Å². The molecule has 0 aliphatic heterocycles. The molecule has 0 N–H and O–H groups in total. The quantitative estimate of drug-likeness (QED) is 0.108. The number of ether oxygens (including phenoxy) is 4. The van der Waals surface area contributed by atoms with E-state index in [0.29, 0.717) is 11.5 Å². The molecule has 0 aliphatic carbocycles. The zero-order chi connectivity index (χ0) is 26.6. The molecule has 4 rings (SSSR count). The van der Waals surface area contributed by atoms with Crippen molar-refractivity contribution in [3.05, 3.63) is 97.1 Å². The maximum absolute atomic E-state index is 12.3. The lowest BCUT2D eigenvalue weighted by Crippen LogP contribution is -2.13. The van der Waals surface area contributed by atoms with Crippen molar-refractivity contribution in [2.45, 2.75) is 39.5 Å². The van der Waals surface area contributed by atoms with E-state index in [9.17, 15) is 4.79 Å². The fourth-order valence-corrected chi connectivity index (χ4v) is 3.80. The molecule has 0 aliphatic rings.